The van der Waals surface area contributed by atoms with Crippen LogP contribution in [0.4, 0.5) is 0 Å². The Labute approximate surface area is 129 Å². The molecule has 0 aromatic heterocycles. The molecule has 0 heterocycles. The second-order valence-electron chi connectivity index (χ2n) is 5.20. The van der Waals surface area contributed by atoms with Crippen LogP contribution in [-0.4, -0.2) is 25.2 Å². The van der Waals surface area contributed by atoms with Crippen molar-refractivity contribution in [3.8, 4) is 0 Å². The van der Waals surface area contributed by atoms with Gasteiger partial charge in [0.05, 0.1) is 13.2 Å². The van der Waals surface area contributed by atoms with E-state index in [0.29, 0.717) is 24.7 Å². The predicted molar refractivity (Wildman–Crippen MR) is 85.9 cm³/mol. The van der Waals surface area contributed by atoms with Crippen molar-refractivity contribution in [2.45, 2.75) is 53.4 Å². The minimum atomic E-state index is -0.318. The standard InChI is InChI=1S/C9H16O2.C8H14O2/c1-3-5-6-7-8-11-9(10)4-2;1-6(2)5-10-8(9)7(3)4/h4H,2-3,5-8H2,1H3;6H,3,5H2,1-2,4H3. The third-order valence-corrected chi connectivity index (χ3v) is 2.31. The molecule has 122 valence electrons. The zero-order valence-electron chi connectivity index (χ0n) is 13.9. The summed E-state index contributed by atoms with van der Waals surface area (Å²) in [5.41, 5.74) is 0.459. The summed E-state index contributed by atoms with van der Waals surface area (Å²) >= 11 is 0. The number of ether oxygens (including phenoxy) is 2. The van der Waals surface area contributed by atoms with E-state index in [-0.39, 0.29) is 11.9 Å². The van der Waals surface area contributed by atoms with E-state index in [1.165, 1.54) is 18.9 Å². The van der Waals surface area contributed by atoms with Crippen molar-refractivity contribution in [3.05, 3.63) is 24.8 Å². The van der Waals surface area contributed by atoms with Crippen LogP contribution < -0.4 is 0 Å². The van der Waals surface area contributed by atoms with Crippen LogP contribution in [0.15, 0.2) is 24.8 Å². The number of carbonyl (C=O) groups is 2. The molecule has 0 aromatic rings. The first-order valence-electron chi connectivity index (χ1n) is 7.46. The van der Waals surface area contributed by atoms with Gasteiger partial charge in [0.25, 0.3) is 0 Å². The fourth-order valence-corrected chi connectivity index (χ4v) is 1.13. The highest BCUT2D eigenvalue weighted by atomic mass is 16.5. The lowest BCUT2D eigenvalue weighted by Gasteiger charge is -2.05. The molecule has 0 atom stereocenters. The normalized spacial score (nSPS) is 9.38. The fourth-order valence-electron chi connectivity index (χ4n) is 1.13. The van der Waals surface area contributed by atoms with Gasteiger partial charge in [0, 0.05) is 11.6 Å². The molecular weight excluding hydrogens is 268 g/mol. The monoisotopic (exact) mass is 298 g/mol. The van der Waals surface area contributed by atoms with E-state index < -0.39 is 0 Å². The van der Waals surface area contributed by atoms with Gasteiger partial charge in [-0.25, -0.2) is 9.59 Å². The Hall–Kier alpha value is -1.58. The Morgan fingerprint density at radius 2 is 1.76 bits per heavy atom. The molecule has 0 radical (unpaired) electrons. The highest BCUT2D eigenvalue weighted by molar-refractivity contribution is 5.86. The Morgan fingerprint density at radius 1 is 1.14 bits per heavy atom. The largest absolute Gasteiger partial charge is 0.463 e. The summed E-state index contributed by atoms with van der Waals surface area (Å²) in [5.74, 6) is -0.224. The zero-order chi connectivity index (χ0) is 16.7. The summed E-state index contributed by atoms with van der Waals surface area (Å²) in [6.45, 7) is 15.5. The number of hydrogen-bond acceptors (Lipinski definition) is 4. The van der Waals surface area contributed by atoms with E-state index in [1.54, 1.807) is 6.92 Å². The zero-order valence-corrected chi connectivity index (χ0v) is 13.9. The van der Waals surface area contributed by atoms with E-state index in [0.717, 1.165) is 12.8 Å². The van der Waals surface area contributed by atoms with Crippen molar-refractivity contribution >= 4 is 11.9 Å². The van der Waals surface area contributed by atoms with Crippen LogP contribution in [-0.2, 0) is 19.1 Å². The summed E-state index contributed by atoms with van der Waals surface area (Å²) in [6, 6.07) is 0. The topological polar surface area (TPSA) is 52.6 Å². The minimum absolute atomic E-state index is 0.297. The van der Waals surface area contributed by atoms with E-state index in [1.807, 2.05) is 13.8 Å². The van der Waals surface area contributed by atoms with Gasteiger partial charge in [-0.05, 0) is 19.3 Å². The lowest BCUT2D eigenvalue weighted by atomic mass is 10.2. The number of hydrogen-bond donors (Lipinski definition) is 0. The molecule has 21 heavy (non-hydrogen) atoms. The molecule has 0 amide bonds. The Balaban J connectivity index is 0. The predicted octanol–water partition coefficient (Wildman–Crippen LogP) is 4.06. The van der Waals surface area contributed by atoms with Gasteiger partial charge >= 0.3 is 11.9 Å². The van der Waals surface area contributed by atoms with Gasteiger partial charge < -0.3 is 9.47 Å². The molecule has 4 nitrogen and oxygen atoms in total. The summed E-state index contributed by atoms with van der Waals surface area (Å²) in [6.07, 6.45) is 5.72. The lowest BCUT2D eigenvalue weighted by Crippen LogP contribution is -2.09. The quantitative estimate of drug-likeness (QED) is 0.366. The van der Waals surface area contributed by atoms with Gasteiger partial charge in [0.15, 0.2) is 0 Å². The Kier molecular flexibility index (Phi) is 15.3. The SMILES string of the molecule is C=C(C)C(=O)OCC(C)C.C=CC(=O)OCCCCCC. The molecule has 0 aliphatic heterocycles. The molecule has 0 fully saturated rings. The third-order valence-electron chi connectivity index (χ3n) is 2.31. The van der Waals surface area contributed by atoms with Crippen molar-refractivity contribution in [2.75, 3.05) is 13.2 Å². The second-order valence-corrected chi connectivity index (χ2v) is 5.20. The second kappa shape index (κ2) is 14.8. The van der Waals surface area contributed by atoms with Gasteiger partial charge in [-0.3, -0.25) is 0 Å². The van der Waals surface area contributed by atoms with E-state index in [4.69, 9.17) is 9.47 Å². The maximum Gasteiger partial charge on any atom is 0.333 e. The maximum absolute atomic E-state index is 10.7. The van der Waals surface area contributed by atoms with Crippen LogP contribution in [0, 0.1) is 5.92 Å². The average molecular weight is 298 g/mol. The average Bonchev–Trinajstić information content (AvgIpc) is 2.44. The number of rotatable bonds is 9. The van der Waals surface area contributed by atoms with Crippen LogP contribution in [0.2, 0.25) is 0 Å². The van der Waals surface area contributed by atoms with Crippen molar-refractivity contribution in [3.63, 3.8) is 0 Å². The smallest absolute Gasteiger partial charge is 0.333 e. The Morgan fingerprint density at radius 3 is 2.19 bits per heavy atom. The maximum atomic E-state index is 10.7. The van der Waals surface area contributed by atoms with Crippen LogP contribution in [0.25, 0.3) is 0 Å². The lowest BCUT2D eigenvalue weighted by molar-refractivity contribution is -0.140. The summed E-state index contributed by atoms with van der Waals surface area (Å²) in [4.78, 5) is 21.2. The molecule has 0 aliphatic carbocycles. The number of unbranched alkanes of at least 4 members (excludes halogenated alkanes) is 3. The van der Waals surface area contributed by atoms with Gasteiger partial charge in [-0.1, -0.05) is 53.2 Å². The minimum Gasteiger partial charge on any atom is -0.463 e. The molecule has 0 aliphatic rings. The fraction of sp³-hybridized carbons (Fsp3) is 0.647. The molecule has 0 rings (SSSR count). The van der Waals surface area contributed by atoms with Crippen molar-refractivity contribution in [1.29, 1.82) is 0 Å². The van der Waals surface area contributed by atoms with Crippen molar-refractivity contribution in [2.24, 2.45) is 5.92 Å². The molecule has 0 unspecified atom stereocenters. The Bertz CT molecular complexity index is 319. The summed E-state index contributed by atoms with van der Waals surface area (Å²) < 4.78 is 9.61. The van der Waals surface area contributed by atoms with Crippen LogP contribution >= 0.6 is 0 Å². The molecule has 0 aromatic carbocycles. The third kappa shape index (κ3) is 18.4. The van der Waals surface area contributed by atoms with Crippen molar-refractivity contribution in [1.82, 2.24) is 0 Å². The molecule has 0 spiro atoms. The molecule has 0 saturated carbocycles. The van der Waals surface area contributed by atoms with Crippen LogP contribution in [0.3, 0.4) is 0 Å². The molecule has 4 heteroatoms. The van der Waals surface area contributed by atoms with Gasteiger partial charge in [-0.2, -0.15) is 0 Å². The first-order chi connectivity index (χ1) is 9.84. The van der Waals surface area contributed by atoms with Crippen LogP contribution in [0.1, 0.15) is 53.4 Å². The molecular formula is C17H30O4. The van der Waals surface area contributed by atoms with Gasteiger partial charge in [0.2, 0.25) is 0 Å². The van der Waals surface area contributed by atoms with E-state index >= 15 is 0 Å². The first kappa shape index (κ1) is 21.7. The number of carbonyl (C=O) groups excluding carboxylic acids is 2. The number of esters is 2. The summed E-state index contributed by atoms with van der Waals surface area (Å²) in [7, 11) is 0. The van der Waals surface area contributed by atoms with Gasteiger partial charge in [-0.15, -0.1) is 0 Å². The van der Waals surface area contributed by atoms with E-state index in [9.17, 15) is 9.59 Å². The molecule has 0 saturated heterocycles. The first-order valence-corrected chi connectivity index (χ1v) is 7.46. The van der Waals surface area contributed by atoms with Crippen LogP contribution in [0.5, 0.6) is 0 Å². The molecule has 0 bridgehead atoms. The summed E-state index contributed by atoms with van der Waals surface area (Å²) in [5, 5.41) is 0. The van der Waals surface area contributed by atoms with Crippen molar-refractivity contribution < 1.29 is 19.1 Å². The highest BCUT2D eigenvalue weighted by Crippen LogP contribution is 1.99. The molecule has 0 N–H and O–H groups in total. The van der Waals surface area contributed by atoms with E-state index in [2.05, 4.69) is 20.1 Å². The highest BCUT2D eigenvalue weighted by Gasteiger charge is 2.03. The van der Waals surface area contributed by atoms with Gasteiger partial charge in [0.1, 0.15) is 0 Å².